The molecule has 0 spiro atoms. The SMILES string of the molecule is C#CC(CCC)NC(CN)c1cncn1C(C)C. The summed E-state index contributed by atoms with van der Waals surface area (Å²) in [6, 6.07) is 0.496. The van der Waals surface area contributed by atoms with Crippen LogP contribution in [0, 0.1) is 12.3 Å². The lowest BCUT2D eigenvalue weighted by Crippen LogP contribution is -2.37. The van der Waals surface area contributed by atoms with E-state index < -0.39 is 0 Å². The Morgan fingerprint density at radius 2 is 2.28 bits per heavy atom. The van der Waals surface area contributed by atoms with Gasteiger partial charge in [-0.25, -0.2) is 4.98 Å². The Labute approximate surface area is 110 Å². The molecule has 0 bridgehead atoms. The predicted molar refractivity (Wildman–Crippen MR) is 75.1 cm³/mol. The Morgan fingerprint density at radius 3 is 2.78 bits per heavy atom. The smallest absolute Gasteiger partial charge is 0.0951 e. The summed E-state index contributed by atoms with van der Waals surface area (Å²) in [5.74, 6) is 2.78. The maximum atomic E-state index is 5.86. The van der Waals surface area contributed by atoms with E-state index in [0.717, 1.165) is 18.5 Å². The van der Waals surface area contributed by atoms with Crippen LogP contribution in [0.15, 0.2) is 12.5 Å². The highest BCUT2D eigenvalue weighted by molar-refractivity contribution is 5.10. The number of nitrogens with one attached hydrogen (secondary N) is 1. The monoisotopic (exact) mass is 248 g/mol. The molecular formula is C14H24N4. The number of aromatic nitrogens is 2. The molecule has 2 atom stereocenters. The van der Waals surface area contributed by atoms with Gasteiger partial charge in [-0.3, -0.25) is 5.32 Å². The molecule has 4 heteroatoms. The lowest BCUT2D eigenvalue weighted by Gasteiger charge is -2.23. The second kappa shape index (κ2) is 7.20. The number of rotatable bonds is 7. The van der Waals surface area contributed by atoms with Gasteiger partial charge in [-0.1, -0.05) is 19.3 Å². The Balaban J connectivity index is 2.83. The number of terminal acetylenes is 1. The van der Waals surface area contributed by atoms with Gasteiger partial charge in [-0.2, -0.15) is 0 Å². The Hall–Kier alpha value is -1.31. The number of nitrogens with zero attached hydrogens (tertiary/aromatic N) is 2. The highest BCUT2D eigenvalue weighted by atomic mass is 15.1. The molecule has 1 rings (SSSR count). The van der Waals surface area contributed by atoms with Crippen LogP contribution in [0.2, 0.25) is 0 Å². The van der Waals surface area contributed by atoms with Crippen molar-refractivity contribution in [1.82, 2.24) is 14.9 Å². The number of hydrogen-bond acceptors (Lipinski definition) is 3. The molecule has 0 aliphatic heterocycles. The molecule has 18 heavy (non-hydrogen) atoms. The van der Waals surface area contributed by atoms with Crippen LogP contribution in [0.3, 0.4) is 0 Å². The molecule has 0 radical (unpaired) electrons. The molecule has 1 aromatic rings. The standard InChI is InChI=1S/C14H24N4/c1-5-7-12(6-2)17-13(8-15)14-9-16-10-18(14)11(3)4/h2,9-13,17H,5,7-8,15H2,1,3-4H3. The molecule has 1 aromatic heterocycles. The van der Waals surface area contributed by atoms with Gasteiger partial charge >= 0.3 is 0 Å². The zero-order valence-electron chi connectivity index (χ0n) is 11.6. The minimum absolute atomic E-state index is 0.0579. The van der Waals surface area contributed by atoms with Crippen LogP contribution >= 0.6 is 0 Å². The summed E-state index contributed by atoms with van der Waals surface area (Å²) < 4.78 is 2.13. The average molecular weight is 248 g/mol. The van der Waals surface area contributed by atoms with Crippen molar-refractivity contribution in [1.29, 1.82) is 0 Å². The second-order valence-electron chi connectivity index (χ2n) is 4.78. The molecule has 0 fully saturated rings. The van der Waals surface area contributed by atoms with E-state index in [1.165, 1.54) is 0 Å². The molecule has 0 saturated carbocycles. The van der Waals surface area contributed by atoms with Gasteiger partial charge in [0.25, 0.3) is 0 Å². The first-order valence-electron chi connectivity index (χ1n) is 6.58. The van der Waals surface area contributed by atoms with E-state index in [1.54, 1.807) is 0 Å². The van der Waals surface area contributed by atoms with E-state index >= 15 is 0 Å². The first-order valence-corrected chi connectivity index (χ1v) is 6.58. The van der Waals surface area contributed by atoms with Gasteiger partial charge in [0.1, 0.15) is 0 Å². The number of hydrogen-bond donors (Lipinski definition) is 2. The van der Waals surface area contributed by atoms with Crippen LogP contribution < -0.4 is 11.1 Å². The van der Waals surface area contributed by atoms with Crippen LogP contribution in [0.4, 0.5) is 0 Å². The highest BCUT2D eigenvalue weighted by Gasteiger charge is 2.18. The van der Waals surface area contributed by atoms with Crippen molar-refractivity contribution in [2.45, 2.75) is 51.7 Å². The van der Waals surface area contributed by atoms with Crippen molar-refractivity contribution < 1.29 is 0 Å². The van der Waals surface area contributed by atoms with Crippen LogP contribution in [0.25, 0.3) is 0 Å². The largest absolute Gasteiger partial charge is 0.331 e. The molecule has 100 valence electrons. The van der Waals surface area contributed by atoms with E-state index in [9.17, 15) is 0 Å². The van der Waals surface area contributed by atoms with Crippen LogP contribution in [-0.4, -0.2) is 22.1 Å². The van der Waals surface area contributed by atoms with Crippen molar-refractivity contribution in [3.63, 3.8) is 0 Å². The summed E-state index contributed by atoms with van der Waals surface area (Å²) in [5, 5.41) is 3.43. The maximum absolute atomic E-state index is 5.86. The first kappa shape index (κ1) is 14.7. The van der Waals surface area contributed by atoms with Gasteiger partial charge in [-0.05, 0) is 20.3 Å². The number of nitrogens with two attached hydrogens (primary N) is 1. The Bertz CT molecular complexity index is 389. The fourth-order valence-electron chi connectivity index (χ4n) is 2.04. The molecule has 0 aromatic carbocycles. The summed E-state index contributed by atoms with van der Waals surface area (Å²) in [4.78, 5) is 4.21. The highest BCUT2D eigenvalue weighted by Crippen LogP contribution is 2.17. The summed E-state index contributed by atoms with van der Waals surface area (Å²) in [5.41, 5.74) is 6.96. The van der Waals surface area contributed by atoms with Crippen molar-refractivity contribution >= 4 is 0 Å². The molecule has 4 nitrogen and oxygen atoms in total. The van der Waals surface area contributed by atoms with Crippen molar-refractivity contribution in [3.05, 3.63) is 18.2 Å². The summed E-state index contributed by atoms with van der Waals surface area (Å²) in [7, 11) is 0. The number of imidazole rings is 1. The summed E-state index contributed by atoms with van der Waals surface area (Å²) in [6.07, 6.45) is 11.3. The van der Waals surface area contributed by atoms with Gasteiger partial charge in [0.05, 0.1) is 24.1 Å². The molecule has 0 aliphatic rings. The van der Waals surface area contributed by atoms with Crippen LogP contribution in [-0.2, 0) is 0 Å². The first-order chi connectivity index (χ1) is 8.63. The van der Waals surface area contributed by atoms with Crippen molar-refractivity contribution in [3.8, 4) is 12.3 Å². The Kier molecular flexibility index (Phi) is 5.90. The molecular weight excluding hydrogens is 224 g/mol. The average Bonchev–Trinajstić information content (AvgIpc) is 2.83. The van der Waals surface area contributed by atoms with Gasteiger partial charge in [-0.15, -0.1) is 6.42 Å². The molecule has 0 aliphatic carbocycles. The predicted octanol–water partition coefficient (Wildman–Crippen LogP) is 1.86. The third-order valence-electron chi connectivity index (χ3n) is 3.03. The van der Waals surface area contributed by atoms with E-state index in [0.29, 0.717) is 12.6 Å². The lowest BCUT2D eigenvalue weighted by molar-refractivity contribution is 0.440. The van der Waals surface area contributed by atoms with Gasteiger partial charge in [0, 0.05) is 18.8 Å². The minimum atomic E-state index is 0.0579. The van der Waals surface area contributed by atoms with Crippen LogP contribution in [0.1, 0.15) is 51.4 Å². The van der Waals surface area contributed by atoms with E-state index in [-0.39, 0.29) is 12.1 Å². The van der Waals surface area contributed by atoms with Gasteiger partial charge in [0.15, 0.2) is 0 Å². The van der Waals surface area contributed by atoms with E-state index in [2.05, 4.69) is 41.6 Å². The van der Waals surface area contributed by atoms with Crippen LogP contribution in [0.5, 0.6) is 0 Å². The fraction of sp³-hybridized carbons (Fsp3) is 0.643. The zero-order chi connectivity index (χ0) is 13.5. The quantitative estimate of drug-likeness (QED) is 0.724. The molecule has 2 unspecified atom stereocenters. The van der Waals surface area contributed by atoms with Crippen molar-refractivity contribution in [2.24, 2.45) is 5.73 Å². The van der Waals surface area contributed by atoms with Gasteiger partial charge in [0.2, 0.25) is 0 Å². The van der Waals surface area contributed by atoms with Gasteiger partial charge < -0.3 is 10.3 Å². The topological polar surface area (TPSA) is 55.9 Å². The fourth-order valence-corrected chi connectivity index (χ4v) is 2.04. The zero-order valence-corrected chi connectivity index (χ0v) is 11.6. The van der Waals surface area contributed by atoms with E-state index in [4.69, 9.17) is 12.2 Å². The molecule has 1 heterocycles. The Morgan fingerprint density at radius 1 is 1.56 bits per heavy atom. The lowest BCUT2D eigenvalue weighted by atomic mass is 10.1. The third kappa shape index (κ3) is 3.59. The molecule has 0 saturated heterocycles. The summed E-state index contributed by atoms with van der Waals surface area (Å²) in [6.45, 7) is 6.90. The molecule has 3 N–H and O–H groups in total. The third-order valence-corrected chi connectivity index (χ3v) is 3.03. The summed E-state index contributed by atoms with van der Waals surface area (Å²) >= 11 is 0. The molecule has 0 amide bonds. The second-order valence-corrected chi connectivity index (χ2v) is 4.78. The van der Waals surface area contributed by atoms with Crippen molar-refractivity contribution in [2.75, 3.05) is 6.54 Å². The van der Waals surface area contributed by atoms with E-state index in [1.807, 2.05) is 12.5 Å². The normalized spacial score (nSPS) is 14.4. The minimum Gasteiger partial charge on any atom is -0.331 e. The maximum Gasteiger partial charge on any atom is 0.0951 e.